The van der Waals surface area contributed by atoms with E-state index in [1.54, 1.807) is 31.2 Å². The fourth-order valence-corrected chi connectivity index (χ4v) is 4.27. The van der Waals surface area contributed by atoms with Gasteiger partial charge in [-0.2, -0.15) is 0 Å². The van der Waals surface area contributed by atoms with Gasteiger partial charge in [0.25, 0.3) is 5.91 Å². The number of amides is 1. The van der Waals surface area contributed by atoms with Crippen LogP contribution in [0.25, 0.3) is 0 Å². The van der Waals surface area contributed by atoms with Gasteiger partial charge < -0.3 is 15.0 Å². The second kappa shape index (κ2) is 8.89. The number of anilines is 1. The van der Waals surface area contributed by atoms with Crippen molar-refractivity contribution in [2.75, 3.05) is 31.2 Å². The van der Waals surface area contributed by atoms with Gasteiger partial charge in [0.2, 0.25) is 10.0 Å². The Kier molecular flexibility index (Phi) is 6.70. The number of carbonyl (C=O) groups is 1. The van der Waals surface area contributed by atoms with Crippen molar-refractivity contribution in [3.05, 3.63) is 57.6 Å². The lowest BCUT2D eigenvalue weighted by Gasteiger charge is -2.30. The Balaban J connectivity index is 1.94. The minimum absolute atomic E-state index is 0.128. The number of primary sulfonamides is 1. The highest BCUT2D eigenvalue weighted by atomic mass is 35.5. The van der Waals surface area contributed by atoms with Crippen LogP contribution in [0.2, 0.25) is 10.0 Å². The molecule has 1 aliphatic heterocycles. The molecular formula is C19H21Cl2N3O4S. The van der Waals surface area contributed by atoms with Crippen molar-refractivity contribution in [2.24, 2.45) is 5.14 Å². The zero-order chi connectivity index (χ0) is 21.2. The summed E-state index contributed by atoms with van der Waals surface area (Å²) in [5, 5.41) is 9.05. The Labute approximate surface area is 179 Å². The maximum Gasteiger partial charge on any atom is 0.253 e. The van der Waals surface area contributed by atoms with E-state index in [0.29, 0.717) is 47.6 Å². The Morgan fingerprint density at radius 1 is 1.17 bits per heavy atom. The molecule has 0 saturated carbocycles. The zero-order valence-corrected chi connectivity index (χ0v) is 18.0. The average Bonchev–Trinajstić information content (AvgIpc) is 2.67. The molecule has 29 heavy (non-hydrogen) atoms. The quantitative estimate of drug-likeness (QED) is 0.718. The van der Waals surface area contributed by atoms with Crippen molar-refractivity contribution < 1.29 is 17.9 Å². The predicted molar refractivity (Wildman–Crippen MR) is 113 cm³/mol. The topological polar surface area (TPSA) is 102 Å². The number of benzene rings is 2. The van der Waals surface area contributed by atoms with Crippen LogP contribution in [0, 0.1) is 0 Å². The molecule has 0 radical (unpaired) electrons. The van der Waals surface area contributed by atoms with E-state index in [1.807, 2.05) is 4.90 Å². The van der Waals surface area contributed by atoms with E-state index < -0.39 is 22.0 Å². The number of sulfonamides is 1. The van der Waals surface area contributed by atoms with Crippen LogP contribution >= 0.6 is 23.2 Å². The van der Waals surface area contributed by atoms with Crippen molar-refractivity contribution in [3.8, 4) is 0 Å². The number of morpholine rings is 1. The van der Waals surface area contributed by atoms with Crippen LogP contribution in [0.5, 0.6) is 0 Å². The fraction of sp³-hybridized carbons (Fsp3) is 0.316. The number of nitrogens with two attached hydrogens (primary N) is 1. The van der Waals surface area contributed by atoms with Gasteiger partial charge in [-0.15, -0.1) is 0 Å². The summed E-state index contributed by atoms with van der Waals surface area (Å²) >= 11 is 12.2. The molecule has 7 nitrogen and oxygen atoms in total. The SMILES string of the molecule is CC(NC(=O)c1cc(S(N)(=O)=O)ccc1N1CCOCC1)c1ccc(Cl)cc1Cl. The molecule has 3 N–H and O–H groups in total. The first kappa shape index (κ1) is 21.9. The van der Waals surface area contributed by atoms with E-state index in [2.05, 4.69) is 5.32 Å². The number of carbonyl (C=O) groups excluding carboxylic acids is 1. The number of ether oxygens (including phenoxy) is 1. The van der Waals surface area contributed by atoms with Crippen molar-refractivity contribution >= 4 is 44.8 Å². The number of nitrogens with one attached hydrogen (secondary N) is 1. The molecule has 0 spiro atoms. The summed E-state index contributed by atoms with van der Waals surface area (Å²) < 4.78 is 29.0. The first-order valence-electron chi connectivity index (χ1n) is 8.92. The molecule has 156 valence electrons. The van der Waals surface area contributed by atoms with Crippen molar-refractivity contribution in [3.63, 3.8) is 0 Å². The zero-order valence-electron chi connectivity index (χ0n) is 15.7. The third kappa shape index (κ3) is 5.21. The summed E-state index contributed by atoms with van der Waals surface area (Å²) in [6, 6.07) is 8.89. The molecule has 0 aromatic heterocycles. The molecule has 1 unspecified atom stereocenters. The lowest BCUT2D eigenvalue weighted by atomic mass is 10.1. The van der Waals surface area contributed by atoms with Crippen LogP contribution in [0.4, 0.5) is 5.69 Å². The average molecular weight is 458 g/mol. The molecule has 0 aliphatic carbocycles. The maximum absolute atomic E-state index is 13.1. The highest BCUT2D eigenvalue weighted by molar-refractivity contribution is 7.89. The van der Waals surface area contributed by atoms with Crippen LogP contribution in [0.1, 0.15) is 28.9 Å². The van der Waals surface area contributed by atoms with E-state index in [1.165, 1.54) is 12.1 Å². The second-order valence-electron chi connectivity index (χ2n) is 6.68. The predicted octanol–water partition coefficient (Wildman–Crippen LogP) is 2.97. The number of nitrogens with zero attached hydrogens (tertiary/aromatic N) is 1. The molecule has 0 bridgehead atoms. The highest BCUT2D eigenvalue weighted by Gasteiger charge is 2.23. The van der Waals surface area contributed by atoms with Gasteiger partial charge in [-0.3, -0.25) is 4.79 Å². The first-order chi connectivity index (χ1) is 13.7. The van der Waals surface area contributed by atoms with Gasteiger partial charge in [0, 0.05) is 28.8 Å². The number of hydrogen-bond acceptors (Lipinski definition) is 5. The van der Waals surface area contributed by atoms with E-state index in [0.717, 1.165) is 0 Å². The van der Waals surface area contributed by atoms with Crippen molar-refractivity contribution in [1.29, 1.82) is 0 Å². The van der Waals surface area contributed by atoms with Gasteiger partial charge in [-0.25, -0.2) is 13.6 Å². The molecular weight excluding hydrogens is 437 g/mol. The van der Waals surface area contributed by atoms with Gasteiger partial charge in [0.15, 0.2) is 0 Å². The maximum atomic E-state index is 13.1. The summed E-state index contributed by atoms with van der Waals surface area (Å²) in [6.07, 6.45) is 0. The molecule has 1 saturated heterocycles. The molecule has 3 rings (SSSR count). The third-order valence-electron chi connectivity index (χ3n) is 4.67. The van der Waals surface area contributed by atoms with Crippen molar-refractivity contribution in [1.82, 2.24) is 5.32 Å². The van der Waals surface area contributed by atoms with Crippen LogP contribution in [-0.2, 0) is 14.8 Å². The minimum atomic E-state index is -3.96. The molecule has 1 aliphatic rings. The monoisotopic (exact) mass is 457 g/mol. The number of hydrogen-bond donors (Lipinski definition) is 2. The summed E-state index contributed by atoms with van der Waals surface area (Å²) in [6.45, 7) is 4.01. The van der Waals surface area contributed by atoms with E-state index in [-0.39, 0.29) is 10.5 Å². The normalized spacial score (nSPS) is 15.8. The summed E-state index contributed by atoms with van der Waals surface area (Å²) in [5.41, 5.74) is 1.53. The summed E-state index contributed by atoms with van der Waals surface area (Å²) in [5.74, 6) is -0.435. The third-order valence-corrected chi connectivity index (χ3v) is 6.14. The largest absolute Gasteiger partial charge is 0.378 e. The van der Waals surface area contributed by atoms with Gasteiger partial charge >= 0.3 is 0 Å². The first-order valence-corrected chi connectivity index (χ1v) is 11.2. The molecule has 10 heteroatoms. The van der Waals surface area contributed by atoms with Crippen LogP contribution in [-0.4, -0.2) is 40.6 Å². The van der Waals surface area contributed by atoms with Crippen LogP contribution < -0.4 is 15.4 Å². The van der Waals surface area contributed by atoms with Crippen LogP contribution in [0.15, 0.2) is 41.3 Å². The van der Waals surface area contributed by atoms with E-state index in [9.17, 15) is 13.2 Å². The minimum Gasteiger partial charge on any atom is -0.378 e. The Hall–Kier alpha value is -1.84. The Bertz CT molecular complexity index is 1020. The molecule has 1 heterocycles. The number of rotatable bonds is 5. The lowest BCUT2D eigenvalue weighted by molar-refractivity contribution is 0.0938. The summed E-state index contributed by atoms with van der Waals surface area (Å²) in [4.78, 5) is 14.9. The molecule has 2 aromatic rings. The second-order valence-corrected chi connectivity index (χ2v) is 9.09. The smallest absolute Gasteiger partial charge is 0.253 e. The van der Waals surface area contributed by atoms with Gasteiger partial charge in [0.1, 0.15) is 0 Å². The van der Waals surface area contributed by atoms with E-state index >= 15 is 0 Å². The molecule has 1 amide bonds. The summed E-state index contributed by atoms with van der Waals surface area (Å²) in [7, 11) is -3.96. The molecule has 2 aromatic carbocycles. The highest BCUT2D eigenvalue weighted by Crippen LogP contribution is 2.28. The van der Waals surface area contributed by atoms with Gasteiger partial charge in [-0.05, 0) is 42.8 Å². The molecule has 1 atom stereocenters. The standard InChI is InChI=1S/C19H21Cl2N3O4S/c1-12(15-4-2-13(20)10-17(15)21)23-19(25)16-11-14(29(22,26)27)3-5-18(16)24-6-8-28-9-7-24/h2-5,10-12H,6-9H2,1H3,(H,23,25)(H2,22,26,27). The Morgan fingerprint density at radius 3 is 2.48 bits per heavy atom. The van der Waals surface area contributed by atoms with Crippen LogP contribution in [0.3, 0.4) is 0 Å². The molecule has 1 fully saturated rings. The lowest BCUT2D eigenvalue weighted by Crippen LogP contribution is -2.38. The van der Waals surface area contributed by atoms with Gasteiger partial charge in [-0.1, -0.05) is 29.3 Å². The van der Waals surface area contributed by atoms with E-state index in [4.69, 9.17) is 33.1 Å². The number of halogens is 2. The fourth-order valence-electron chi connectivity index (χ4n) is 3.16. The van der Waals surface area contributed by atoms with Crippen molar-refractivity contribution in [2.45, 2.75) is 17.9 Å². The van der Waals surface area contributed by atoms with Gasteiger partial charge in [0.05, 0.1) is 29.7 Å². The Morgan fingerprint density at radius 2 is 1.86 bits per heavy atom.